The number of carbonyl (C=O) groups excluding carboxylic acids is 1. The van der Waals surface area contributed by atoms with Crippen LogP contribution in [0.3, 0.4) is 0 Å². The second kappa shape index (κ2) is 5.81. The smallest absolute Gasteiger partial charge is 0.310 e. The van der Waals surface area contributed by atoms with E-state index in [9.17, 15) is 4.79 Å². The second-order valence-electron chi connectivity index (χ2n) is 3.70. The molecule has 1 rings (SSSR count). The van der Waals surface area contributed by atoms with Gasteiger partial charge in [-0.25, -0.2) is 0 Å². The van der Waals surface area contributed by atoms with Crippen LogP contribution in [0.2, 0.25) is 0 Å². The van der Waals surface area contributed by atoms with Crippen molar-refractivity contribution in [3.63, 3.8) is 0 Å². The van der Waals surface area contributed by atoms with Crippen LogP contribution in [0.15, 0.2) is 12.7 Å². The van der Waals surface area contributed by atoms with Crippen molar-refractivity contribution in [3.05, 3.63) is 12.7 Å². The molecule has 3 heteroatoms. The largest absolute Gasteiger partial charge is 0.465 e. The summed E-state index contributed by atoms with van der Waals surface area (Å²) in [6.45, 7) is 8.93. The molecule has 0 radical (unpaired) electrons. The fraction of sp³-hybridized carbons (Fsp3) is 0.727. The van der Waals surface area contributed by atoms with Crippen molar-refractivity contribution in [2.45, 2.75) is 19.8 Å². The van der Waals surface area contributed by atoms with Crippen LogP contribution in [-0.2, 0) is 9.53 Å². The van der Waals surface area contributed by atoms with Crippen LogP contribution in [0.1, 0.15) is 19.8 Å². The van der Waals surface area contributed by atoms with Crippen LogP contribution < -0.4 is 0 Å². The van der Waals surface area contributed by atoms with Gasteiger partial charge >= 0.3 is 5.97 Å². The lowest BCUT2D eigenvalue weighted by Gasteiger charge is -2.12. The van der Waals surface area contributed by atoms with Crippen LogP contribution >= 0.6 is 0 Å². The lowest BCUT2D eigenvalue weighted by Crippen LogP contribution is -2.24. The molecule has 80 valence electrons. The highest BCUT2D eigenvalue weighted by atomic mass is 16.5. The van der Waals surface area contributed by atoms with Crippen molar-refractivity contribution in [2.24, 2.45) is 5.92 Å². The molecule has 1 saturated heterocycles. The Labute approximate surface area is 85.7 Å². The molecule has 14 heavy (non-hydrogen) atoms. The summed E-state index contributed by atoms with van der Waals surface area (Å²) in [4.78, 5) is 13.7. The fourth-order valence-corrected chi connectivity index (χ4v) is 1.69. The van der Waals surface area contributed by atoms with Gasteiger partial charge in [-0.2, -0.15) is 0 Å². The van der Waals surface area contributed by atoms with Crippen molar-refractivity contribution in [1.29, 1.82) is 0 Å². The molecule has 0 N–H and O–H groups in total. The molecule has 1 aliphatic heterocycles. The summed E-state index contributed by atoms with van der Waals surface area (Å²) >= 11 is 0. The fourth-order valence-electron chi connectivity index (χ4n) is 1.69. The van der Waals surface area contributed by atoms with Crippen molar-refractivity contribution in [3.8, 4) is 0 Å². The summed E-state index contributed by atoms with van der Waals surface area (Å²) in [5, 5.41) is 0. The first-order chi connectivity index (χ1) is 6.77. The van der Waals surface area contributed by atoms with E-state index >= 15 is 0 Å². The van der Waals surface area contributed by atoms with E-state index in [1.165, 1.54) is 0 Å². The minimum absolute atomic E-state index is 0.0292. The molecule has 1 heterocycles. The average Bonchev–Trinajstić information content (AvgIpc) is 2.63. The van der Waals surface area contributed by atoms with Gasteiger partial charge < -0.3 is 4.74 Å². The van der Waals surface area contributed by atoms with Crippen molar-refractivity contribution < 1.29 is 9.53 Å². The predicted molar refractivity (Wildman–Crippen MR) is 56.0 cm³/mol. The minimum Gasteiger partial charge on any atom is -0.465 e. The van der Waals surface area contributed by atoms with Gasteiger partial charge in [0.2, 0.25) is 0 Å². The molecule has 0 saturated carbocycles. The number of esters is 1. The highest BCUT2D eigenvalue weighted by Crippen LogP contribution is 2.17. The number of rotatable bonds is 5. The maximum Gasteiger partial charge on any atom is 0.310 e. The third-order valence-electron chi connectivity index (χ3n) is 2.44. The molecule has 1 aliphatic rings. The zero-order valence-corrected chi connectivity index (χ0v) is 8.87. The molecule has 1 unspecified atom stereocenters. The minimum atomic E-state index is -0.0292. The van der Waals surface area contributed by atoms with Crippen LogP contribution in [0.25, 0.3) is 0 Å². The van der Waals surface area contributed by atoms with Gasteiger partial charge in [-0.15, -0.1) is 6.58 Å². The first kappa shape index (κ1) is 11.2. The Morgan fingerprint density at radius 3 is 3.14 bits per heavy atom. The highest BCUT2D eigenvalue weighted by Gasteiger charge is 2.28. The van der Waals surface area contributed by atoms with Crippen molar-refractivity contribution in [1.82, 2.24) is 4.90 Å². The molecular weight excluding hydrogens is 178 g/mol. The van der Waals surface area contributed by atoms with Gasteiger partial charge in [-0.1, -0.05) is 13.0 Å². The topological polar surface area (TPSA) is 29.5 Å². The third kappa shape index (κ3) is 3.14. The molecule has 0 aromatic carbocycles. The Balaban J connectivity index is 2.26. The molecule has 0 aromatic rings. The number of hydrogen-bond donors (Lipinski definition) is 0. The quantitative estimate of drug-likeness (QED) is 0.493. The summed E-state index contributed by atoms with van der Waals surface area (Å²) in [6, 6.07) is 0. The van der Waals surface area contributed by atoms with E-state index in [1.807, 2.05) is 13.0 Å². The molecule has 0 spiro atoms. The van der Waals surface area contributed by atoms with Crippen LogP contribution in [-0.4, -0.2) is 37.1 Å². The standard InChI is InChI=1S/C11H19NO2/c1-3-6-12-7-5-10(9-12)11(13)14-8-4-2/h3,10H,1,4-9H2,2H3. The third-order valence-corrected chi connectivity index (χ3v) is 2.44. The average molecular weight is 197 g/mol. The first-order valence-electron chi connectivity index (χ1n) is 5.27. The summed E-state index contributed by atoms with van der Waals surface area (Å²) in [5.41, 5.74) is 0. The molecular formula is C11H19NO2. The normalized spacial score (nSPS) is 22.2. The predicted octanol–water partition coefficient (Wildman–Crippen LogP) is 1.45. The van der Waals surface area contributed by atoms with E-state index in [0.717, 1.165) is 32.5 Å². The van der Waals surface area contributed by atoms with E-state index in [2.05, 4.69) is 11.5 Å². The van der Waals surface area contributed by atoms with E-state index in [-0.39, 0.29) is 11.9 Å². The van der Waals surface area contributed by atoms with Gasteiger partial charge in [0, 0.05) is 13.1 Å². The van der Waals surface area contributed by atoms with Crippen LogP contribution in [0.4, 0.5) is 0 Å². The Kier molecular flexibility index (Phi) is 4.66. The molecule has 1 atom stereocenters. The summed E-state index contributed by atoms with van der Waals surface area (Å²) < 4.78 is 5.11. The summed E-state index contributed by atoms with van der Waals surface area (Å²) in [7, 11) is 0. The number of ether oxygens (including phenoxy) is 1. The lowest BCUT2D eigenvalue weighted by atomic mass is 10.1. The van der Waals surface area contributed by atoms with Crippen LogP contribution in [0.5, 0.6) is 0 Å². The van der Waals surface area contributed by atoms with Gasteiger partial charge in [0.15, 0.2) is 0 Å². The molecule has 3 nitrogen and oxygen atoms in total. The number of hydrogen-bond acceptors (Lipinski definition) is 3. The van der Waals surface area contributed by atoms with Gasteiger partial charge in [0.05, 0.1) is 12.5 Å². The zero-order chi connectivity index (χ0) is 10.4. The Hall–Kier alpha value is -0.830. The van der Waals surface area contributed by atoms with Crippen molar-refractivity contribution >= 4 is 5.97 Å². The van der Waals surface area contributed by atoms with E-state index in [4.69, 9.17) is 4.74 Å². The summed E-state index contributed by atoms with van der Waals surface area (Å²) in [6.07, 6.45) is 3.70. The molecule has 0 aliphatic carbocycles. The maximum absolute atomic E-state index is 11.5. The monoisotopic (exact) mass is 197 g/mol. The zero-order valence-electron chi connectivity index (χ0n) is 8.87. The van der Waals surface area contributed by atoms with Crippen LogP contribution in [0, 0.1) is 5.92 Å². The lowest BCUT2D eigenvalue weighted by molar-refractivity contribution is -0.148. The van der Waals surface area contributed by atoms with E-state index in [1.54, 1.807) is 0 Å². The van der Waals surface area contributed by atoms with E-state index < -0.39 is 0 Å². The summed E-state index contributed by atoms with van der Waals surface area (Å²) in [5.74, 6) is 0.0555. The number of carbonyl (C=O) groups is 1. The van der Waals surface area contributed by atoms with Crippen molar-refractivity contribution in [2.75, 3.05) is 26.2 Å². The second-order valence-corrected chi connectivity index (χ2v) is 3.70. The molecule has 0 aromatic heterocycles. The Morgan fingerprint density at radius 2 is 2.50 bits per heavy atom. The van der Waals surface area contributed by atoms with Gasteiger partial charge in [0.25, 0.3) is 0 Å². The molecule has 0 amide bonds. The highest BCUT2D eigenvalue weighted by molar-refractivity contribution is 5.73. The van der Waals surface area contributed by atoms with Gasteiger partial charge in [0.1, 0.15) is 0 Å². The number of likely N-dealkylation sites (tertiary alicyclic amines) is 1. The SMILES string of the molecule is C=CCN1CCC(C(=O)OCCC)C1. The van der Waals surface area contributed by atoms with Gasteiger partial charge in [-0.3, -0.25) is 9.69 Å². The number of nitrogens with zero attached hydrogens (tertiary/aromatic N) is 1. The maximum atomic E-state index is 11.5. The molecule has 0 bridgehead atoms. The molecule has 1 fully saturated rings. The Morgan fingerprint density at radius 1 is 1.71 bits per heavy atom. The van der Waals surface area contributed by atoms with E-state index in [0.29, 0.717) is 6.61 Å². The first-order valence-corrected chi connectivity index (χ1v) is 5.27. The van der Waals surface area contributed by atoms with Gasteiger partial charge in [-0.05, 0) is 19.4 Å². The Bertz CT molecular complexity index is 203.